The molecule has 0 spiro atoms. The van der Waals surface area contributed by atoms with Gasteiger partial charge in [-0.3, -0.25) is 9.00 Å². The van der Waals surface area contributed by atoms with Crippen LogP contribution in [0.15, 0.2) is 24.4 Å². The molecular weight excluding hydrogens is 386 g/mol. The number of unbranched alkanes of at least 4 members (excludes halogenated alkanes) is 1. The van der Waals surface area contributed by atoms with Gasteiger partial charge in [-0.1, -0.05) is 0 Å². The Morgan fingerprint density at radius 3 is 2.89 bits per heavy atom. The van der Waals surface area contributed by atoms with E-state index in [1.807, 2.05) is 24.4 Å². The lowest BCUT2D eigenvalue weighted by Gasteiger charge is -2.10. The minimum absolute atomic E-state index is 0.287. The van der Waals surface area contributed by atoms with E-state index in [0.29, 0.717) is 24.5 Å². The number of thiocarbonyl (C=S) groups is 1. The maximum atomic E-state index is 11.5. The van der Waals surface area contributed by atoms with E-state index in [2.05, 4.69) is 15.0 Å². The molecule has 0 saturated carbocycles. The number of hydrogen-bond donors (Lipinski definition) is 3. The first-order valence-corrected chi connectivity index (χ1v) is 10.7. The predicted molar refractivity (Wildman–Crippen MR) is 111 cm³/mol. The van der Waals surface area contributed by atoms with Gasteiger partial charge in [-0.05, 0) is 48.8 Å². The summed E-state index contributed by atoms with van der Waals surface area (Å²) in [7, 11) is 0.554. The highest BCUT2D eigenvalue weighted by atomic mass is 32.2. The Morgan fingerprint density at radius 2 is 2.19 bits per heavy atom. The van der Waals surface area contributed by atoms with Gasteiger partial charge in [-0.2, -0.15) is 0 Å². The Labute approximate surface area is 166 Å². The largest absolute Gasteiger partial charge is 0.468 e. The quantitative estimate of drug-likeness (QED) is 0.327. The third-order valence-corrected chi connectivity index (χ3v) is 5.11. The molecule has 4 N–H and O–H groups in total. The lowest BCUT2D eigenvalue weighted by molar-refractivity contribution is -0.142. The van der Waals surface area contributed by atoms with Gasteiger partial charge in [-0.15, -0.1) is 0 Å². The molecule has 0 bridgehead atoms. The maximum absolute atomic E-state index is 11.5. The fourth-order valence-electron chi connectivity index (χ4n) is 2.63. The van der Waals surface area contributed by atoms with Gasteiger partial charge in [0.05, 0.1) is 7.11 Å². The van der Waals surface area contributed by atoms with Crippen LogP contribution in [0, 0.1) is 0 Å². The number of aromatic amines is 1. The van der Waals surface area contributed by atoms with Gasteiger partial charge >= 0.3 is 5.97 Å². The standard InChI is InChI=1S/C18H25N3O4S2/c1-24-17(22)15(19)9-12-11-21-16-6-5-13(10-14(12)16)25-18(26)20-7-3-4-8-27(2)23/h5-6,10-11,15,21H,3-4,7-9,19H2,1-2H3,(H,20,26). The third kappa shape index (κ3) is 6.60. The van der Waals surface area contributed by atoms with Crippen molar-refractivity contribution in [3.05, 3.63) is 30.0 Å². The van der Waals surface area contributed by atoms with Gasteiger partial charge in [0.1, 0.15) is 11.8 Å². The summed E-state index contributed by atoms with van der Waals surface area (Å²) in [6, 6.07) is 4.84. The number of benzene rings is 1. The van der Waals surface area contributed by atoms with Crippen LogP contribution in [0.2, 0.25) is 0 Å². The topological polar surface area (TPSA) is 106 Å². The zero-order valence-electron chi connectivity index (χ0n) is 15.4. The molecule has 0 aliphatic rings. The van der Waals surface area contributed by atoms with E-state index in [9.17, 15) is 9.00 Å². The second kappa shape index (κ2) is 10.4. The molecule has 7 nitrogen and oxygen atoms in total. The second-order valence-electron chi connectivity index (χ2n) is 6.16. The van der Waals surface area contributed by atoms with Crippen molar-refractivity contribution >= 4 is 45.1 Å². The number of carbonyl (C=O) groups excluding carboxylic acids is 1. The summed E-state index contributed by atoms with van der Waals surface area (Å²) in [6.45, 7) is 0.668. The molecule has 2 rings (SSSR count). The number of methoxy groups -OCH3 is 1. The first-order valence-electron chi connectivity index (χ1n) is 8.60. The van der Waals surface area contributed by atoms with E-state index in [-0.39, 0.29) is 5.17 Å². The van der Waals surface area contributed by atoms with Crippen molar-refractivity contribution in [1.29, 1.82) is 0 Å². The molecule has 9 heteroatoms. The first kappa shape index (κ1) is 21.3. The van der Waals surface area contributed by atoms with Gasteiger partial charge < -0.3 is 25.5 Å². The van der Waals surface area contributed by atoms with Crippen molar-refractivity contribution in [2.45, 2.75) is 25.3 Å². The van der Waals surface area contributed by atoms with Crippen molar-refractivity contribution in [3.8, 4) is 5.75 Å². The fraction of sp³-hybridized carbons (Fsp3) is 0.444. The Hall–Kier alpha value is -1.97. The van der Waals surface area contributed by atoms with Crippen LogP contribution >= 0.6 is 12.2 Å². The maximum Gasteiger partial charge on any atom is 0.322 e. The molecule has 1 heterocycles. The number of carbonyl (C=O) groups is 1. The minimum Gasteiger partial charge on any atom is -0.468 e. The van der Waals surface area contributed by atoms with Crippen LogP contribution in [0.1, 0.15) is 18.4 Å². The SMILES string of the molecule is COC(=O)C(N)Cc1c[nH]c2ccc(OC(=S)NCCCCS(C)=O)cc12. The summed E-state index contributed by atoms with van der Waals surface area (Å²) >= 11 is 5.21. The van der Waals surface area contributed by atoms with Crippen molar-refractivity contribution in [1.82, 2.24) is 10.3 Å². The smallest absolute Gasteiger partial charge is 0.322 e. The predicted octanol–water partition coefficient (Wildman–Crippen LogP) is 1.62. The molecule has 2 aromatic rings. The molecule has 0 aliphatic heterocycles. The highest BCUT2D eigenvalue weighted by Crippen LogP contribution is 2.24. The van der Waals surface area contributed by atoms with Gasteiger partial charge in [-0.25, -0.2) is 0 Å². The van der Waals surface area contributed by atoms with E-state index in [4.69, 9.17) is 22.7 Å². The first-order chi connectivity index (χ1) is 12.9. The molecule has 0 radical (unpaired) electrons. The van der Waals surface area contributed by atoms with Crippen LogP contribution in [-0.4, -0.2) is 52.0 Å². The molecule has 2 unspecified atom stereocenters. The molecule has 0 amide bonds. The van der Waals surface area contributed by atoms with Crippen LogP contribution in [0.25, 0.3) is 10.9 Å². The van der Waals surface area contributed by atoms with E-state index < -0.39 is 22.8 Å². The Bertz CT molecular complexity index is 822. The molecule has 1 aromatic carbocycles. The average Bonchev–Trinajstić information content (AvgIpc) is 3.02. The highest BCUT2D eigenvalue weighted by Gasteiger charge is 2.17. The number of H-pyrrole nitrogens is 1. The molecule has 27 heavy (non-hydrogen) atoms. The summed E-state index contributed by atoms with van der Waals surface area (Å²) in [5.41, 5.74) is 7.68. The second-order valence-corrected chi connectivity index (χ2v) is 8.08. The number of nitrogens with one attached hydrogen (secondary N) is 2. The van der Waals surface area contributed by atoms with Gasteiger partial charge in [0, 0.05) is 52.9 Å². The van der Waals surface area contributed by atoms with E-state index in [1.54, 1.807) is 6.26 Å². The van der Waals surface area contributed by atoms with Crippen molar-refractivity contribution in [2.24, 2.45) is 5.73 Å². The summed E-state index contributed by atoms with van der Waals surface area (Å²) < 4.78 is 21.4. The summed E-state index contributed by atoms with van der Waals surface area (Å²) in [4.78, 5) is 14.7. The molecule has 148 valence electrons. The Balaban J connectivity index is 1.94. The zero-order valence-corrected chi connectivity index (χ0v) is 17.1. The monoisotopic (exact) mass is 411 g/mol. The zero-order chi connectivity index (χ0) is 19.8. The van der Waals surface area contributed by atoms with Crippen LogP contribution in [0.5, 0.6) is 5.75 Å². The third-order valence-electron chi connectivity index (χ3n) is 4.02. The lowest BCUT2D eigenvalue weighted by Crippen LogP contribution is -2.33. The van der Waals surface area contributed by atoms with E-state index >= 15 is 0 Å². The fourth-order valence-corrected chi connectivity index (χ4v) is 3.43. The Kier molecular flexibility index (Phi) is 8.21. The van der Waals surface area contributed by atoms with Gasteiger partial charge in [0.25, 0.3) is 5.17 Å². The van der Waals surface area contributed by atoms with Gasteiger partial charge in [0.15, 0.2) is 0 Å². The molecule has 0 aliphatic carbocycles. The number of fused-ring (bicyclic) bond motifs is 1. The molecule has 1 aromatic heterocycles. The minimum atomic E-state index is -0.764. The van der Waals surface area contributed by atoms with Crippen molar-refractivity contribution in [2.75, 3.05) is 25.7 Å². The van der Waals surface area contributed by atoms with Crippen LogP contribution in [0.4, 0.5) is 0 Å². The van der Waals surface area contributed by atoms with Crippen molar-refractivity contribution < 1.29 is 18.5 Å². The van der Waals surface area contributed by atoms with E-state index in [0.717, 1.165) is 29.3 Å². The molecule has 0 fully saturated rings. The summed E-state index contributed by atoms with van der Waals surface area (Å²) in [6.07, 6.45) is 5.63. The van der Waals surface area contributed by atoms with E-state index in [1.165, 1.54) is 7.11 Å². The number of rotatable bonds is 9. The van der Waals surface area contributed by atoms with Crippen molar-refractivity contribution in [3.63, 3.8) is 0 Å². The number of esters is 1. The number of ether oxygens (including phenoxy) is 2. The summed E-state index contributed by atoms with van der Waals surface area (Å²) in [5.74, 6) is 0.840. The normalized spacial score (nSPS) is 13.1. The molecule has 2 atom stereocenters. The van der Waals surface area contributed by atoms with Crippen LogP contribution in [0.3, 0.4) is 0 Å². The van der Waals surface area contributed by atoms with Gasteiger partial charge in [0.2, 0.25) is 0 Å². The summed E-state index contributed by atoms with van der Waals surface area (Å²) in [5, 5.41) is 4.24. The lowest BCUT2D eigenvalue weighted by atomic mass is 10.1. The average molecular weight is 412 g/mol. The number of nitrogens with two attached hydrogens (primary N) is 1. The Morgan fingerprint density at radius 1 is 1.41 bits per heavy atom. The molecule has 0 saturated heterocycles. The van der Waals surface area contributed by atoms with Crippen LogP contribution < -0.4 is 15.8 Å². The number of aromatic nitrogens is 1. The molecular formula is C18H25N3O4S2. The van der Waals surface area contributed by atoms with Crippen LogP contribution in [-0.2, 0) is 26.8 Å². The number of hydrogen-bond acceptors (Lipinski definition) is 6. The highest BCUT2D eigenvalue weighted by molar-refractivity contribution is 7.84.